The maximum atomic E-state index is 11.5. The molecule has 3 rings (SSSR count). The van der Waals surface area contributed by atoms with Crippen molar-refractivity contribution in [2.24, 2.45) is 0 Å². The van der Waals surface area contributed by atoms with Gasteiger partial charge in [-0.3, -0.25) is 15.0 Å². The van der Waals surface area contributed by atoms with Gasteiger partial charge in [-0.25, -0.2) is 4.79 Å². The number of hydrogen-bond acceptors (Lipinski definition) is 9. The molecule has 2 aromatic rings. The van der Waals surface area contributed by atoms with Gasteiger partial charge in [0.25, 0.3) is 5.69 Å². The molecule has 10 nitrogen and oxygen atoms in total. The Bertz CT molecular complexity index is 886. The van der Waals surface area contributed by atoms with E-state index in [0.717, 1.165) is 13.1 Å². The summed E-state index contributed by atoms with van der Waals surface area (Å²) in [5, 5.41) is 15.4. The number of aromatic nitrogens is 2. The average Bonchev–Trinajstić information content (AvgIpc) is 3.11. The van der Waals surface area contributed by atoms with Crippen molar-refractivity contribution in [3.8, 4) is 0 Å². The summed E-state index contributed by atoms with van der Waals surface area (Å²) in [6.45, 7) is 5.09. The number of rotatable bonds is 6. The van der Waals surface area contributed by atoms with Gasteiger partial charge in [0.1, 0.15) is 5.69 Å². The zero-order valence-corrected chi connectivity index (χ0v) is 15.7. The Morgan fingerprint density at radius 3 is 2.71 bits per heavy atom. The zero-order valence-electron chi connectivity index (χ0n) is 15.7. The quantitative estimate of drug-likeness (QED) is 0.317. The van der Waals surface area contributed by atoms with Gasteiger partial charge in [-0.1, -0.05) is 11.2 Å². The molecule has 0 radical (unpaired) electrons. The van der Waals surface area contributed by atoms with Crippen LogP contribution in [0.1, 0.15) is 17.3 Å². The van der Waals surface area contributed by atoms with Crippen LogP contribution in [0.5, 0.6) is 0 Å². The lowest BCUT2D eigenvalue weighted by atomic mass is 10.1. The van der Waals surface area contributed by atoms with Gasteiger partial charge in [-0.05, 0) is 17.7 Å². The number of nitro groups is 1. The van der Waals surface area contributed by atoms with E-state index in [-0.39, 0.29) is 5.69 Å². The second-order valence-corrected chi connectivity index (χ2v) is 6.35. The number of methoxy groups -OCH3 is 1. The molecule has 28 heavy (non-hydrogen) atoms. The summed E-state index contributed by atoms with van der Waals surface area (Å²) >= 11 is 0. The number of benzene rings is 1. The Morgan fingerprint density at radius 1 is 1.36 bits per heavy atom. The highest BCUT2D eigenvalue weighted by molar-refractivity contribution is 5.87. The van der Waals surface area contributed by atoms with E-state index in [1.165, 1.54) is 25.3 Å². The van der Waals surface area contributed by atoms with Crippen LogP contribution in [-0.4, -0.2) is 59.2 Å². The molecule has 0 aliphatic carbocycles. The highest BCUT2D eigenvalue weighted by atomic mass is 16.6. The largest absolute Gasteiger partial charge is 0.466 e. The molecule has 2 heterocycles. The first-order valence-corrected chi connectivity index (χ1v) is 8.77. The summed E-state index contributed by atoms with van der Waals surface area (Å²) in [7, 11) is 1.28. The minimum absolute atomic E-state index is 0.00857. The number of carbonyl (C=O) groups is 1. The van der Waals surface area contributed by atoms with Crippen molar-refractivity contribution >= 4 is 23.4 Å². The number of nitro benzene ring substituents is 1. The van der Waals surface area contributed by atoms with Crippen molar-refractivity contribution < 1.29 is 19.0 Å². The van der Waals surface area contributed by atoms with Crippen molar-refractivity contribution in [2.45, 2.75) is 13.5 Å². The van der Waals surface area contributed by atoms with E-state index in [1.54, 1.807) is 19.1 Å². The number of ether oxygens (including phenoxy) is 1. The molecule has 0 atom stereocenters. The summed E-state index contributed by atoms with van der Waals surface area (Å²) in [6.07, 6.45) is 2.73. The lowest BCUT2D eigenvalue weighted by Gasteiger charge is -2.35. The minimum Gasteiger partial charge on any atom is -0.466 e. The molecule has 0 N–H and O–H groups in total. The third-order valence-corrected chi connectivity index (χ3v) is 4.46. The molecule has 1 aliphatic rings. The zero-order chi connectivity index (χ0) is 20.1. The summed E-state index contributed by atoms with van der Waals surface area (Å²) in [4.78, 5) is 30.7. The van der Waals surface area contributed by atoms with E-state index in [2.05, 4.69) is 19.8 Å². The van der Waals surface area contributed by atoms with E-state index in [1.807, 2.05) is 4.90 Å². The maximum absolute atomic E-state index is 11.5. The highest BCUT2D eigenvalue weighted by Gasteiger charge is 2.24. The lowest BCUT2D eigenvalue weighted by Crippen LogP contribution is -2.46. The Balaban J connectivity index is 1.68. The number of nitrogens with zero attached hydrogens (tertiary/aromatic N) is 5. The Hall–Kier alpha value is -3.27. The molecule has 0 amide bonds. The van der Waals surface area contributed by atoms with E-state index < -0.39 is 10.9 Å². The second kappa shape index (κ2) is 8.61. The van der Waals surface area contributed by atoms with Crippen LogP contribution in [0, 0.1) is 17.0 Å². The molecule has 1 aromatic carbocycles. The molecule has 148 valence electrons. The van der Waals surface area contributed by atoms with Crippen LogP contribution in [-0.2, 0) is 16.1 Å². The van der Waals surface area contributed by atoms with Crippen LogP contribution in [0.15, 0.2) is 28.8 Å². The van der Waals surface area contributed by atoms with Crippen LogP contribution >= 0.6 is 0 Å². The van der Waals surface area contributed by atoms with E-state index in [4.69, 9.17) is 4.52 Å². The first kappa shape index (κ1) is 19.5. The third-order valence-electron chi connectivity index (χ3n) is 4.46. The fraction of sp³-hybridized carbons (Fsp3) is 0.389. The molecule has 1 aliphatic heterocycles. The van der Waals surface area contributed by atoms with Crippen molar-refractivity contribution in [1.82, 2.24) is 15.0 Å². The predicted octanol–water partition coefficient (Wildman–Crippen LogP) is 1.79. The standard InChI is InChI=1S/C18H21N5O5/c1-13-19-17(20-28-13)12-21-7-9-22(10-8-21)15-5-3-14(4-6-18(24)27-2)11-16(15)23(25)26/h3-6,11H,7-10,12H2,1-2H3/b6-4+. The predicted molar refractivity (Wildman–Crippen MR) is 101 cm³/mol. The van der Waals surface area contributed by atoms with Gasteiger partial charge in [0, 0.05) is 45.2 Å². The molecule has 1 saturated heterocycles. The van der Waals surface area contributed by atoms with Gasteiger partial charge in [0.15, 0.2) is 5.82 Å². The van der Waals surface area contributed by atoms with E-state index in [0.29, 0.717) is 42.6 Å². The normalized spacial score (nSPS) is 15.1. The van der Waals surface area contributed by atoms with Crippen molar-refractivity contribution in [3.63, 3.8) is 0 Å². The SMILES string of the molecule is COC(=O)/C=C/c1ccc(N2CCN(Cc3noc(C)n3)CC2)c([N+](=O)[O-])c1. The first-order valence-electron chi connectivity index (χ1n) is 8.77. The molecular formula is C18H21N5O5. The van der Waals surface area contributed by atoms with Crippen LogP contribution in [0.2, 0.25) is 0 Å². The van der Waals surface area contributed by atoms with Crippen LogP contribution in [0.3, 0.4) is 0 Å². The van der Waals surface area contributed by atoms with Crippen molar-refractivity contribution in [3.05, 3.63) is 51.7 Å². The molecule has 1 aromatic heterocycles. The van der Waals surface area contributed by atoms with Gasteiger partial charge in [-0.15, -0.1) is 0 Å². The number of piperazine rings is 1. The highest BCUT2D eigenvalue weighted by Crippen LogP contribution is 2.30. The number of aryl methyl sites for hydroxylation is 1. The summed E-state index contributed by atoms with van der Waals surface area (Å²) in [5.74, 6) is 0.656. The number of esters is 1. The van der Waals surface area contributed by atoms with Gasteiger partial charge < -0.3 is 14.2 Å². The molecule has 0 saturated carbocycles. The Morgan fingerprint density at radius 2 is 2.11 bits per heavy atom. The molecule has 1 fully saturated rings. The molecule has 0 unspecified atom stereocenters. The summed E-state index contributed by atoms with van der Waals surface area (Å²) in [5.41, 5.74) is 1.14. The third kappa shape index (κ3) is 4.71. The van der Waals surface area contributed by atoms with Gasteiger partial charge in [0.05, 0.1) is 18.6 Å². The monoisotopic (exact) mass is 387 g/mol. The second-order valence-electron chi connectivity index (χ2n) is 6.35. The van der Waals surface area contributed by atoms with Crippen molar-refractivity contribution in [1.29, 1.82) is 0 Å². The van der Waals surface area contributed by atoms with Gasteiger partial charge >= 0.3 is 5.97 Å². The van der Waals surface area contributed by atoms with Gasteiger partial charge in [0.2, 0.25) is 5.89 Å². The van der Waals surface area contributed by atoms with Crippen LogP contribution in [0.4, 0.5) is 11.4 Å². The van der Waals surface area contributed by atoms with E-state index in [9.17, 15) is 14.9 Å². The summed E-state index contributed by atoms with van der Waals surface area (Å²) in [6, 6.07) is 4.92. The first-order chi connectivity index (χ1) is 13.5. The van der Waals surface area contributed by atoms with Crippen molar-refractivity contribution in [2.75, 3.05) is 38.2 Å². The summed E-state index contributed by atoms with van der Waals surface area (Å²) < 4.78 is 9.52. The van der Waals surface area contributed by atoms with Gasteiger partial charge in [-0.2, -0.15) is 4.98 Å². The molecule has 0 bridgehead atoms. The Kier molecular flexibility index (Phi) is 5.99. The number of hydrogen-bond donors (Lipinski definition) is 0. The fourth-order valence-corrected chi connectivity index (χ4v) is 3.04. The lowest BCUT2D eigenvalue weighted by molar-refractivity contribution is -0.384. The Labute approximate surface area is 161 Å². The minimum atomic E-state index is -0.514. The topological polar surface area (TPSA) is 115 Å². The number of anilines is 1. The molecular weight excluding hydrogens is 366 g/mol. The molecule has 0 spiro atoms. The number of carbonyl (C=O) groups excluding carboxylic acids is 1. The smallest absolute Gasteiger partial charge is 0.330 e. The average molecular weight is 387 g/mol. The molecule has 10 heteroatoms. The van der Waals surface area contributed by atoms with Crippen LogP contribution in [0.25, 0.3) is 6.08 Å². The maximum Gasteiger partial charge on any atom is 0.330 e. The van der Waals surface area contributed by atoms with E-state index >= 15 is 0 Å². The van der Waals surface area contributed by atoms with Crippen LogP contribution < -0.4 is 4.90 Å². The fourth-order valence-electron chi connectivity index (χ4n) is 3.04.